The Balaban J connectivity index is 1.42. The number of allylic oxidation sites excluding steroid dienone is 1. The monoisotopic (exact) mass is 540 g/mol. The second-order valence-electron chi connectivity index (χ2n) is 13.4. The van der Waals surface area contributed by atoms with Gasteiger partial charge in [0.25, 0.3) is 0 Å². The van der Waals surface area contributed by atoms with Gasteiger partial charge in [0.05, 0.1) is 35.9 Å². The molecule has 6 fully saturated rings. The van der Waals surface area contributed by atoms with Gasteiger partial charge >= 0.3 is 11.9 Å². The molecular formula is C29H32O10. The summed E-state index contributed by atoms with van der Waals surface area (Å²) in [5, 5.41) is 12.4. The molecule has 0 aromatic carbocycles. The number of ether oxygens (including phenoxy) is 5. The molecule has 3 aliphatic carbocycles. The van der Waals surface area contributed by atoms with Crippen LogP contribution in [0.2, 0.25) is 0 Å². The maximum atomic E-state index is 14.9. The second-order valence-corrected chi connectivity index (χ2v) is 13.4. The van der Waals surface area contributed by atoms with Gasteiger partial charge in [0.2, 0.25) is 5.79 Å². The summed E-state index contributed by atoms with van der Waals surface area (Å²) in [5.74, 6) is -6.75. The molecule has 10 nitrogen and oxygen atoms in total. The first kappa shape index (κ1) is 24.4. The molecule has 0 amide bonds. The summed E-state index contributed by atoms with van der Waals surface area (Å²) in [5.41, 5.74) is -7.18. The zero-order chi connectivity index (χ0) is 27.5. The van der Waals surface area contributed by atoms with E-state index in [0.717, 1.165) is 0 Å². The van der Waals surface area contributed by atoms with E-state index in [0.29, 0.717) is 12.0 Å². The summed E-state index contributed by atoms with van der Waals surface area (Å²) in [6.07, 6.45) is 5.29. The van der Waals surface area contributed by atoms with Crippen molar-refractivity contribution >= 4 is 23.5 Å². The lowest BCUT2D eigenvalue weighted by atomic mass is 9.46. The maximum absolute atomic E-state index is 14.9. The van der Waals surface area contributed by atoms with Crippen molar-refractivity contribution in [3.63, 3.8) is 0 Å². The van der Waals surface area contributed by atoms with Crippen LogP contribution in [0.15, 0.2) is 23.8 Å². The molecule has 5 bridgehead atoms. The molecule has 2 saturated carbocycles. The number of Topliss-reactive ketones (excluding diaryl/α,β-unsaturated/α-hetero) is 2. The molecule has 5 aliphatic heterocycles. The van der Waals surface area contributed by atoms with Gasteiger partial charge in [0.1, 0.15) is 11.9 Å². The number of hydrogen-bond acceptors (Lipinski definition) is 10. The zero-order valence-electron chi connectivity index (χ0n) is 22.4. The average molecular weight is 541 g/mol. The number of carbonyl (C=O) groups excluding carboxylic acids is 4. The van der Waals surface area contributed by atoms with Gasteiger partial charge in [-0.1, -0.05) is 25.2 Å². The molecule has 0 aromatic heterocycles. The lowest BCUT2D eigenvalue weighted by molar-refractivity contribution is -0.361. The standard InChI is InChI=1S/C29H32O10/c1-24-11-19-26(3)29-20(24)21(31)28(39-29,36-12-17(24)22(32)37-19)16-6-5-13-9-14(35-4)10-18(30)25(13,2)15(16)7-8-27(29,34)23(33)38-26/h5-7,13-14,16-17,19-20,34H,8-12H2,1-4H3/b15-7+/t13?,14?,16-,17+,19-,20+,24-,25+,26+,27+,28-,29+/m1/s1. The van der Waals surface area contributed by atoms with Crippen LogP contribution in [-0.2, 0) is 42.9 Å². The second kappa shape index (κ2) is 6.73. The minimum absolute atomic E-state index is 0.0485. The van der Waals surface area contributed by atoms with Crippen LogP contribution in [0, 0.1) is 34.5 Å². The molecular weight excluding hydrogens is 508 g/mol. The van der Waals surface area contributed by atoms with Crippen molar-refractivity contribution in [3.05, 3.63) is 23.8 Å². The van der Waals surface area contributed by atoms with E-state index in [2.05, 4.69) is 0 Å². The number of methoxy groups -OCH3 is 1. The fourth-order valence-electron chi connectivity index (χ4n) is 9.89. The molecule has 2 unspecified atom stereocenters. The van der Waals surface area contributed by atoms with Crippen molar-refractivity contribution in [1.29, 1.82) is 0 Å². The molecule has 39 heavy (non-hydrogen) atoms. The lowest BCUT2D eigenvalue weighted by Gasteiger charge is -2.62. The third-order valence-corrected chi connectivity index (χ3v) is 12.1. The van der Waals surface area contributed by atoms with Crippen LogP contribution in [0.1, 0.15) is 46.5 Å². The Morgan fingerprint density at radius 1 is 1.10 bits per heavy atom. The van der Waals surface area contributed by atoms with E-state index in [4.69, 9.17) is 23.7 Å². The number of carbonyl (C=O) groups is 4. The van der Waals surface area contributed by atoms with E-state index < -0.39 is 75.0 Å². The van der Waals surface area contributed by atoms with Gasteiger partial charge in [-0.2, -0.15) is 0 Å². The molecule has 5 heterocycles. The van der Waals surface area contributed by atoms with Crippen molar-refractivity contribution in [2.75, 3.05) is 13.7 Å². The summed E-state index contributed by atoms with van der Waals surface area (Å²) in [4.78, 5) is 55.7. The largest absolute Gasteiger partial charge is 0.458 e. The van der Waals surface area contributed by atoms with Crippen LogP contribution >= 0.6 is 0 Å². The van der Waals surface area contributed by atoms with Gasteiger partial charge in [0.15, 0.2) is 22.6 Å². The lowest BCUT2D eigenvalue weighted by Crippen LogP contribution is -2.78. The van der Waals surface area contributed by atoms with E-state index in [9.17, 15) is 24.3 Å². The molecule has 208 valence electrons. The van der Waals surface area contributed by atoms with E-state index in [1.807, 2.05) is 26.0 Å². The number of rotatable bonds is 1. The van der Waals surface area contributed by atoms with Crippen molar-refractivity contribution < 1.29 is 48.0 Å². The highest BCUT2D eigenvalue weighted by atomic mass is 16.8. The Hall–Kier alpha value is -2.40. The molecule has 8 rings (SSSR count). The Morgan fingerprint density at radius 2 is 1.87 bits per heavy atom. The van der Waals surface area contributed by atoms with E-state index >= 15 is 0 Å². The highest BCUT2D eigenvalue weighted by molar-refractivity contribution is 6.00. The molecule has 4 saturated heterocycles. The first-order chi connectivity index (χ1) is 18.3. The predicted molar refractivity (Wildman–Crippen MR) is 129 cm³/mol. The number of ketones is 2. The summed E-state index contributed by atoms with van der Waals surface area (Å²) in [6.45, 7) is 5.16. The van der Waals surface area contributed by atoms with Gasteiger partial charge < -0.3 is 28.8 Å². The molecule has 0 radical (unpaired) electrons. The highest BCUT2D eigenvalue weighted by Gasteiger charge is 2.92. The third-order valence-electron chi connectivity index (χ3n) is 12.1. The third kappa shape index (κ3) is 2.22. The average Bonchev–Trinajstić information content (AvgIpc) is 3.21. The Labute approximate surface area is 225 Å². The highest BCUT2D eigenvalue weighted by Crippen LogP contribution is 2.74. The summed E-state index contributed by atoms with van der Waals surface area (Å²) >= 11 is 0. The Bertz CT molecular complexity index is 1350. The van der Waals surface area contributed by atoms with Crippen LogP contribution in [0.5, 0.6) is 0 Å². The number of hydrogen-bond donors (Lipinski definition) is 1. The van der Waals surface area contributed by atoms with Gasteiger partial charge in [0, 0.05) is 20.0 Å². The molecule has 1 N–H and O–H groups in total. The van der Waals surface area contributed by atoms with Crippen LogP contribution in [-0.4, -0.2) is 77.1 Å². The van der Waals surface area contributed by atoms with E-state index in [1.54, 1.807) is 20.1 Å². The predicted octanol–water partition coefficient (Wildman–Crippen LogP) is 1.18. The first-order valence-corrected chi connectivity index (χ1v) is 13.8. The summed E-state index contributed by atoms with van der Waals surface area (Å²) < 4.78 is 30.6. The van der Waals surface area contributed by atoms with Crippen LogP contribution < -0.4 is 0 Å². The van der Waals surface area contributed by atoms with Gasteiger partial charge in [-0.15, -0.1) is 0 Å². The number of fused-ring (bicyclic) bond motifs is 5. The molecule has 10 heteroatoms. The van der Waals surface area contributed by atoms with Gasteiger partial charge in [-0.05, 0) is 43.6 Å². The van der Waals surface area contributed by atoms with Gasteiger partial charge in [-0.3, -0.25) is 14.4 Å². The summed E-state index contributed by atoms with van der Waals surface area (Å²) in [7, 11) is 1.59. The van der Waals surface area contributed by atoms with E-state index in [-0.39, 0.29) is 43.7 Å². The Kier molecular flexibility index (Phi) is 4.21. The topological polar surface area (TPSA) is 135 Å². The van der Waals surface area contributed by atoms with Crippen LogP contribution in [0.3, 0.4) is 0 Å². The van der Waals surface area contributed by atoms with Crippen LogP contribution in [0.4, 0.5) is 0 Å². The smallest absolute Gasteiger partial charge is 0.342 e. The number of esters is 2. The fraction of sp³-hybridized carbons (Fsp3) is 0.724. The van der Waals surface area contributed by atoms with Crippen molar-refractivity contribution in [2.24, 2.45) is 34.5 Å². The Morgan fingerprint density at radius 3 is 2.62 bits per heavy atom. The fourth-order valence-corrected chi connectivity index (χ4v) is 9.89. The zero-order valence-corrected chi connectivity index (χ0v) is 22.4. The van der Waals surface area contributed by atoms with Crippen molar-refractivity contribution in [1.82, 2.24) is 0 Å². The maximum Gasteiger partial charge on any atom is 0.342 e. The molecule has 2 spiro atoms. The minimum atomic E-state index is -2.27. The molecule has 0 aromatic rings. The van der Waals surface area contributed by atoms with E-state index in [1.165, 1.54) is 0 Å². The molecule has 8 aliphatic rings. The SMILES string of the molecule is COC1CC(=O)[C@]2(C)/C3=C/C[C@]4(O)C(=O)O[C@@]5(C)[C@H]6C[C@]7(C)[C@@H](CO[C@@]8(O[C@@]54[C@H]7C8=O)[C@@H]3C=CC2C1)C(=O)O6. The molecule has 12 atom stereocenters. The quantitative estimate of drug-likeness (QED) is 0.382. The van der Waals surface area contributed by atoms with Gasteiger partial charge in [-0.25, -0.2) is 4.79 Å². The summed E-state index contributed by atoms with van der Waals surface area (Å²) in [6, 6.07) is 0. The number of aliphatic hydroxyl groups is 1. The normalized spacial score (nSPS) is 59.4. The van der Waals surface area contributed by atoms with Crippen molar-refractivity contribution in [2.45, 2.75) is 81.3 Å². The first-order valence-electron chi connectivity index (χ1n) is 13.8. The van der Waals surface area contributed by atoms with Crippen molar-refractivity contribution in [3.8, 4) is 0 Å². The minimum Gasteiger partial charge on any atom is -0.458 e. The van der Waals surface area contributed by atoms with Crippen LogP contribution in [0.25, 0.3) is 0 Å².